The molecule has 3 aromatic rings. The van der Waals surface area contributed by atoms with Crippen LogP contribution in [0, 0.1) is 0 Å². The zero-order valence-electron chi connectivity index (χ0n) is 9.19. The summed E-state index contributed by atoms with van der Waals surface area (Å²) in [5.74, 6) is -0.319. The zero-order valence-corrected chi connectivity index (χ0v) is 9.19. The number of para-hydroxylation sites is 1. The summed E-state index contributed by atoms with van der Waals surface area (Å²) in [4.78, 5) is 17.2. The molecule has 2 heterocycles. The van der Waals surface area contributed by atoms with Crippen molar-refractivity contribution in [1.29, 1.82) is 0 Å². The first kappa shape index (κ1) is 10.3. The number of aromatic nitrogens is 5. The van der Waals surface area contributed by atoms with Gasteiger partial charge in [-0.2, -0.15) is 0 Å². The number of carbonyl (C=O) groups excluding carboxylic acids is 1. The molecule has 0 radical (unpaired) electrons. The first-order valence-electron chi connectivity index (χ1n) is 5.22. The molecule has 1 N–H and O–H groups in total. The fraction of sp³-hybridized carbons (Fsp3) is 0. The number of amides is 1. The Morgan fingerprint density at radius 2 is 2.17 bits per heavy atom. The van der Waals surface area contributed by atoms with Crippen LogP contribution < -0.4 is 5.43 Å². The van der Waals surface area contributed by atoms with Gasteiger partial charge in [-0.15, -0.1) is 9.89 Å². The number of hydrogen-bond acceptors (Lipinski definition) is 5. The van der Waals surface area contributed by atoms with Crippen molar-refractivity contribution in [3.05, 3.63) is 48.4 Å². The topological polar surface area (TPSA) is 85.6 Å². The van der Waals surface area contributed by atoms with E-state index in [0.717, 1.165) is 15.7 Å². The zero-order chi connectivity index (χ0) is 12.4. The summed E-state index contributed by atoms with van der Waals surface area (Å²) in [6.07, 6.45) is 2.81. The fourth-order valence-corrected chi connectivity index (χ4v) is 1.58. The monoisotopic (exact) mass is 240 g/mol. The summed E-state index contributed by atoms with van der Waals surface area (Å²) in [5.41, 5.74) is 3.80. The second-order valence-electron chi connectivity index (χ2n) is 3.61. The van der Waals surface area contributed by atoms with Gasteiger partial charge >= 0.3 is 0 Å². The van der Waals surface area contributed by atoms with Crippen LogP contribution in [0.1, 0.15) is 10.4 Å². The predicted octanol–water partition coefficient (Wildman–Crippen LogP) is 0.605. The van der Waals surface area contributed by atoms with Crippen molar-refractivity contribution in [1.82, 2.24) is 25.3 Å². The molecular formula is C11H8N6O. The van der Waals surface area contributed by atoms with Crippen LogP contribution in [0.4, 0.5) is 0 Å². The molecule has 7 heteroatoms. The molecule has 0 spiro atoms. The lowest BCUT2D eigenvalue weighted by Crippen LogP contribution is -2.23. The molecule has 2 aromatic heterocycles. The summed E-state index contributed by atoms with van der Waals surface area (Å²) in [6.45, 7) is 0. The van der Waals surface area contributed by atoms with E-state index in [-0.39, 0.29) is 5.91 Å². The van der Waals surface area contributed by atoms with E-state index in [0.29, 0.717) is 5.56 Å². The number of fused-ring (bicyclic) bond motifs is 1. The minimum absolute atomic E-state index is 0.319. The van der Waals surface area contributed by atoms with Gasteiger partial charge in [-0.25, -0.2) is 5.43 Å². The third-order valence-electron chi connectivity index (χ3n) is 2.42. The van der Waals surface area contributed by atoms with Gasteiger partial charge < -0.3 is 0 Å². The highest BCUT2D eigenvalue weighted by molar-refractivity contribution is 6.01. The van der Waals surface area contributed by atoms with Gasteiger partial charge in [-0.05, 0) is 22.6 Å². The highest BCUT2D eigenvalue weighted by Crippen LogP contribution is 2.12. The van der Waals surface area contributed by atoms with E-state index in [1.54, 1.807) is 6.07 Å². The number of rotatable bonds is 2. The Labute approximate surface area is 101 Å². The summed E-state index contributed by atoms with van der Waals surface area (Å²) in [6, 6.07) is 9.35. The molecule has 3 rings (SSSR count). The molecule has 1 amide bonds. The van der Waals surface area contributed by atoms with Crippen LogP contribution in [0.2, 0.25) is 0 Å². The molecule has 0 fully saturated rings. The van der Waals surface area contributed by atoms with Gasteiger partial charge in [0.1, 0.15) is 0 Å². The molecule has 0 saturated heterocycles. The lowest BCUT2D eigenvalue weighted by atomic mass is 10.1. The largest absolute Gasteiger partial charge is 0.273 e. The summed E-state index contributed by atoms with van der Waals surface area (Å²) < 4.78 is 0. The predicted molar refractivity (Wildman–Crippen MR) is 63.3 cm³/mol. The third-order valence-corrected chi connectivity index (χ3v) is 2.42. The molecule has 0 aliphatic heterocycles. The molecule has 0 atom stereocenters. The van der Waals surface area contributed by atoms with Crippen molar-refractivity contribution in [2.24, 2.45) is 0 Å². The average Bonchev–Trinajstić information content (AvgIpc) is 2.91. The Balaban J connectivity index is 1.92. The highest BCUT2D eigenvalue weighted by atomic mass is 16.2. The van der Waals surface area contributed by atoms with Crippen molar-refractivity contribution in [3.8, 4) is 0 Å². The molecule has 0 bridgehead atoms. The molecule has 0 aliphatic carbocycles. The maximum absolute atomic E-state index is 11.9. The summed E-state index contributed by atoms with van der Waals surface area (Å²) >= 11 is 0. The Kier molecular flexibility index (Phi) is 2.41. The van der Waals surface area contributed by atoms with E-state index in [9.17, 15) is 4.79 Å². The molecule has 0 aliphatic rings. The Morgan fingerprint density at radius 3 is 3.00 bits per heavy atom. The minimum Gasteiger partial charge on any atom is -0.267 e. The van der Waals surface area contributed by atoms with Crippen LogP contribution in [0.3, 0.4) is 0 Å². The number of benzene rings is 1. The van der Waals surface area contributed by atoms with Crippen LogP contribution in [0.25, 0.3) is 10.9 Å². The van der Waals surface area contributed by atoms with Gasteiger partial charge in [0.2, 0.25) is 0 Å². The summed E-state index contributed by atoms with van der Waals surface area (Å²) in [7, 11) is 0. The van der Waals surface area contributed by atoms with E-state index < -0.39 is 0 Å². The fourth-order valence-electron chi connectivity index (χ4n) is 1.58. The highest BCUT2D eigenvalue weighted by Gasteiger charge is 2.07. The molecule has 7 nitrogen and oxygen atoms in total. The van der Waals surface area contributed by atoms with Crippen molar-refractivity contribution in [3.63, 3.8) is 0 Å². The minimum atomic E-state index is -0.319. The number of tetrazole rings is 1. The first-order chi connectivity index (χ1) is 8.83. The van der Waals surface area contributed by atoms with Crippen molar-refractivity contribution < 1.29 is 4.79 Å². The van der Waals surface area contributed by atoms with Crippen LogP contribution in [-0.4, -0.2) is 31.2 Å². The Hall–Kier alpha value is -2.83. The van der Waals surface area contributed by atoms with E-state index >= 15 is 0 Å². The van der Waals surface area contributed by atoms with Gasteiger partial charge in [0.15, 0.2) is 6.33 Å². The van der Waals surface area contributed by atoms with Crippen molar-refractivity contribution in [2.75, 3.05) is 5.43 Å². The van der Waals surface area contributed by atoms with Gasteiger partial charge in [0.05, 0.1) is 11.1 Å². The number of pyridine rings is 1. The second kappa shape index (κ2) is 4.21. The summed E-state index contributed by atoms with van der Waals surface area (Å²) in [5, 5.41) is 11.3. The van der Waals surface area contributed by atoms with E-state index in [1.165, 1.54) is 12.5 Å². The number of carbonyl (C=O) groups is 1. The van der Waals surface area contributed by atoms with E-state index in [2.05, 4.69) is 25.9 Å². The third kappa shape index (κ3) is 1.88. The molecule has 88 valence electrons. The van der Waals surface area contributed by atoms with Gasteiger partial charge in [-0.1, -0.05) is 18.2 Å². The smallest absolute Gasteiger partial charge is 0.267 e. The van der Waals surface area contributed by atoms with Crippen LogP contribution in [0.15, 0.2) is 42.9 Å². The maximum Gasteiger partial charge on any atom is 0.273 e. The maximum atomic E-state index is 11.9. The first-order valence-corrected chi connectivity index (χ1v) is 5.22. The standard InChI is InChI=1S/C11H8N6O/c18-11(14-17-7-13-15-16-17)9-5-8-3-1-2-4-10(8)12-6-9/h1-7H,(H,14,18). The SMILES string of the molecule is O=C(Nn1cnnn1)c1cnc2ccccc2c1. The number of nitrogens with zero attached hydrogens (tertiary/aromatic N) is 5. The van der Waals surface area contributed by atoms with Crippen molar-refractivity contribution in [2.45, 2.75) is 0 Å². The molecule has 0 saturated carbocycles. The lowest BCUT2D eigenvalue weighted by Gasteiger charge is -2.03. The molecule has 1 aromatic carbocycles. The molecule has 0 unspecified atom stereocenters. The van der Waals surface area contributed by atoms with E-state index in [1.807, 2.05) is 24.3 Å². The van der Waals surface area contributed by atoms with E-state index in [4.69, 9.17) is 0 Å². The second-order valence-corrected chi connectivity index (χ2v) is 3.61. The quantitative estimate of drug-likeness (QED) is 0.709. The molecular weight excluding hydrogens is 232 g/mol. The molecule has 18 heavy (non-hydrogen) atoms. The van der Waals surface area contributed by atoms with Crippen LogP contribution in [0.5, 0.6) is 0 Å². The number of hydrogen-bond donors (Lipinski definition) is 1. The van der Waals surface area contributed by atoms with Crippen LogP contribution >= 0.6 is 0 Å². The Bertz CT molecular complexity index is 694. The Morgan fingerprint density at radius 1 is 1.28 bits per heavy atom. The van der Waals surface area contributed by atoms with Gasteiger partial charge in [0, 0.05) is 11.6 Å². The van der Waals surface area contributed by atoms with Crippen molar-refractivity contribution >= 4 is 16.8 Å². The van der Waals surface area contributed by atoms with Crippen LogP contribution in [-0.2, 0) is 0 Å². The number of nitrogens with one attached hydrogen (secondary N) is 1. The normalized spacial score (nSPS) is 10.4. The van der Waals surface area contributed by atoms with Gasteiger partial charge in [-0.3, -0.25) is 9.78 Å². The lowest BCUT2D eigenvalue weighted by molar-refractivity contribution is 0.100. The van der Waals surface area contributed by atoms with Gasteiger partial charge in [0.25, 0.3) is 5.91 Å². The average molecular weight is 240 g/mol.